The number of methoxy groups -OCH3 is 1. The molecule has 0 saturated carbocycles. The first-order chi connectivity index (χ1) is 17.7. The summed E-state index contributed by atoms with van der Waals surface area (Å²) in [6.07, 6.45) is 5.90. The number of amidine groups is 1. The van der Waals surface area contributed by atoms with Gasteiger partial charge in [-0.05, 0) is 111 Å². The molecule has 6 nitrogen and oxygen atoms in total. The maximum absolute atomic E-state index is 13.6. The second-order valence-corrected chi connectivity index (χ2v) is 10.9. The summed E-state index contributed by atoms with van der Waals surface area (Å²) in [5, 5.41) is 0.617. The first-order valence-corrected chi connectivity index (χ1v) is 13.0. The number of ether oxygens (including phenoxy) is 1. The Morgan fingerprint density at radius 3 is 2.57 bits per heavy atom. The number of carbonyl (C=O) groups is 1. The molecular formula is C30H31N3O3S. The minimum Gasteiger partial charge on any atom is -0.497 e. The van der Waals surface area contributed by atoms with Crippen LogP contribution in [0.25, 0.3) is 11.6 Å². The number of hydrogen-bond acceptors (Lipinski definition) is 6. The van der Waals surface area contributed by atoms with Crippen molar-refractivity contribution in [2.75, 3.05) is 19.1 Å². The Hall–Kier alpha value is -3.71. The van der Waals surface area contributed by atoms with Gasteiger partial charge < -0.3 is 14.1 Å². The van der Waals surface area contributed by atoms with E-state index < -0.39 is 0 Å². The number of aliphatic imine (C=N–C) groups is 1. The number of rotatable bonds is 5. The molecule has 3 aromatic rings. The van der Waals surface area contributed by atoms with E-state index in [9.17, 15) is 4.79 Å². The molecule has 7 heteroatoms. The minimum absolute atomic E-state index is 0.0556. The van der Waals surface area contributed by atoms with E-state index in [1.165, 1.54) is 28.6 Å². The van der Waals surface area contributed by atoms with Crippen molar-refractivity contribution in [1.82, 2.24) is 4.90 Å². The molecule has 0 atom stereocenters. The van der Waals surface area contributed by atoms with Gasteiger partial charge in [-0.2, -0.15) is 0 Å². The Labute approximate surface area is 222 Å². The third kappa shape index (κ3) is 4.83. The molecule has 5 rings (SSSR count). The van der Waals surface area contributed by atoms with Crippen molar-refractivity contribution in [3.05, 3.63) is 88.2 Å². The molecule has 2 aliphatic heterocycles. The van der Waals surface area contributed by atoms with Crippen LogP contribution in [0, 0.1) is 6.92 Å². The number of amides is 1. The lowest BCUT2D eigenvalue weighted by atomic mass is 9.87. The summed E-state index contributed by atoms with van der Waals surface area (Å²) in [4.78, 5) is 23.0. The van der Waals surface area contributed by atoms with Crippen LogP contribution in [-0.4, -0.2) is 35.7 Å². The number of carbonyl (C=O) groups excluding carboxylic acids is 1. The van der Waals surface area contributed by atoms with E-state index in [2.05, 4.69) is 57.9 Å². The van der Waals surface area contributed by atoms with Gasteiger partial charge in [-0.25, -0.2) is 4.99 Å². The van der Waals surface area contributed by atoms with Gasteiger partial charge in [-0.3, -0.25) is 9.69 Å². The van der Waals surface area contributed by atoms with Crippen LogP contribution in [0.5, 0.6) is 5.75 Å². The highest BCUT2D eigenvalue weighted by molar-refractivity contribution is 8.18. The van der Waals surface area contributed by atoms with Gasteiger partial charge in [-0.15, -0.1) is 0 Å². The summed E-state index contributed by atoms with van der Waals surface area (Å²) < 4.78 is 10.8. The fourth-order valence-corrected chi connectivity index (χ4v) is 5.66. The highest BCUT2D eigenvalue weighted by Crippen LogP contribution is 2.41. The average molecular weight is 514 g/mol. The van der Waals surface area contributed by atoms with Gasteiger partial charge in [0.2, 0.25) is 0 Å². The Bertz CT molecular complexity index is 1430. The summed E-state index contributed by atoms with van der Waals surface area (Å²) in [5.74, 6) is 1.37. The summed E-state index contributed by atoms with van der Waals surface area (Å²) in [5.41, 5.74) is 6.47. The summed E-state index contributed by atoms with van der Waals surface area (Å²) >= 11 is 1.39. The second kappa shape index (κ2) is 9.63. The zero-order valence-electron chi connectivity index (χ0n) is 22.0. The molecule has 0 unspecified atom stereocenters. The lowest BCUT2D eigenvalue weighted by Gasteiger charge is -2.41. The number of hydrogen-bond donors (Lipinski definition) is 0. The monoisotopic (exact) mass is 513 g/mol. The maximum atomic E-state index is 13.6. The van der Waals surface area contributed by atoms with E-state index in [1.807, 2.05) is 42.5 Å². The van der Waals surface area contributed by atoms with E-state index >= 15 is 0 Å². The highest BCUT2D eigenvalue weighted by Gasteiger charge is 2.35. The molecule has 1 amide bonds. The van der Waals surface area contributed by atoms with Crippen LogP contribution in [0.4, 0.5) is 11.4 Å². The van der Waals surface area contributed by atoms with Gasteiger partial charge in [0, 0.05) is 18.3 Å². The molecule has 2 aromatic carbocycles. The summed E-state index contributed by atoms with van der Waals surface area (Å²) in [6.45, 7) is 9.00. The van der Waals surface area contributed by atoms with Crippen molar-refractivity contribution in [3.8, 4) is 5.75 Å². The van der Waals surface area contributed by atoms with Gasteiger partial charge >= 0.3 is 0 Å². The van der Waals surface area contributed by atoms with Crippen LogP contribution >= 0.6 is 11.8 Å². The Morgan fingerprint density at radius 2 is 1.89 bits per heavy atom. The lowest BCUT2D eigenvalue weighted by Crippen LogP contribution is -2.42. The zero-order valence-corrected chi connectivity index (χ0v) is 22.8. The molecule has 1 fully saturated rings. The van der Waals surface area contributed by atoms with Gasteiger partial charge in [0.25, 0.3) is 5.91 Å². The number of anilines is 1. The molecule has 1 saturated heterocycles. The number of thioether (sulfide) groups is 1. The number of furan rings is 1. The SMILES string of the molecule is COc1ccc(N=C2S/C(=C/c3cc4c(cc3C)N(C)C(C)(C)C=C4C)C(=O)N2Cc2ccco2)cc1. The van der Waals surface area contributed by atoms with Crippen molar-refractivity contribution in [2.45, 2.75) is 39.8 Å². The van der Waals surface area contributed by atoms with E-state index in [0.717, 1.165) is 22.6 Å². The Kier molecular flexibility index (Phi) is 6.50. The van der Waals surface area contributed by atoms with E-state index in [0.29, 0.717) is 22.4 Å². The standard InChI is InChI=1S/C30H31N3O3S/c1-19-14-26-25(20(2)17-30(3,4)32(26)5)15-21(19)16-27-28(34)33(18-24-8-7-13-36-24)29(37-27)31-22-9-11-23(35-6)12-10-22/h7-17H,18H2,1-6H3/b27-16+,31-29?. The number of nitrogens with zero attached hydrogens (tertiary/aromatic N) is 3. The molecule has 0 radical (unpaired) electrons. The van der Waals surface area contributed by atoms with Crippen molar-refractivity contribution in [3.63, 3.8) is 0 Å². The third-order valence-corrected chi connectivity index (χ3v) is 7.98. The summed E-state index contributed by atoms with van der Waals surface area (Å²) in [7, 11) is 3.76. The van der Waals surface area contributed by atoms with Crippen LogP contribution in [0.3, 0.4) is 0 Å². The smallest absolute Gasteiger partial charge is 0.267 e. The summed E-state index contributed by atoms with van der Waals surface area (Å²) in [6, 6.07) is 15.6. The highest BCUT2D eigenvalue weighted by atomic mass is 32.2. The van der Waals surface area contributed by atoms with Crippen LogP contribution in [0.15, 0.2) is 75.2 Å². The fraction of sp³-hybridized carbons (Fsp3) is 0.267. The molecular weight excluding hydrogens is 482 g/mol. The maximum Gasteiger partial charge on any atom is 0.267 e. The fourth-order valence-electron chi connectivity index (χ4n) is 4.67. The van der Waals surface area contributed by atoms with Gasteiger partial charge in [0.15, 0.2) is 5.17 Å². The van der Waals surface area contributed by atoms with Gasteiger partial charge in [0.05, 0.1) is 36.0 Å². The van der Waals surface area contributed by atoms with Crippen LogP contribution in [0.1, 0.15) is 43.2 Å². The van der Waals surface area contributed by atoms with Crippen LogP contribution < -0.4 is 9.64 Å². The molecule has 2 aliphatic rings. The first kappa shape index (κ1) is 25.0. The number of likely N-dealkylation sites (N-methyl/N-ethyl adjacent to an activating group) is 1. The zero-order chi connectivity index (χ0) is 26.3. The number of fused-ring (bicyclic) bond motifs is 1. The third-order valence-electron chi connectivity index (χ3n) is 6.97. The van der Waals surface area contributed by atoms with E-state index in [1.54, 1.807) is 18.3 Å². The second-order valence-electron chi connectivity index (χ2n) is 9.94. The van der Waals surface area contributed by atoms with Crippen molar-refractivity contribution in [2.24, 2.45) is 4.99 Å². The number of aryl methyl sites for hydroxylation is 1. The predicted molar refractivity (Wildman–Crippen MR) is 152 cm³/mol. The predicted octanol–water partition coefficient (Wildman–Crippen LogP) is 7.03. The molecule has 190 valence electrons. The van der Waals surface area contributed by atoms with Crippen molar-refractivity contribution in [1.29, 1.82) is 0 Å². The molecule has 0 bridgehead atoms. The topological polar surface area (TPSA) is 58.3 Å². The average Bonchev–Trinajstić information content (AvgIpc) is 3.48. The Balaban J connectivity index is 1.53. The molecule has 3 heterocycles. The minimum atomic E-state index is -0.0868. The number of benzene rings is 2. The number of allylic oxidation sites excluding steroid dienone is 1. The van der Waals surface area contributed by atoms with Crippen LogP contribution in [0.2, 0.25) is 0 Å². The van der Waals surface area contributed by atoms with E-state index in [4.69, 9.17) is 14.1 Å². The van der Waals surface area contributed by atoms with Crippen molar-refractivity contribution < 1.29 is 13.9 Å². The van der Waals surface area contributed by atoms with Gasteiger partial charge in [0.1, 0.15) is 11.5 Å². The normalized spacial score (nSPS) is 19.0. The largest absolute Gasteiger partial charge is 0.497 e. The van der Waals surface area contributed by atoms with Crippen molar-refractivity contribution >= 4 is 45.9 Å². The van der Waals surface area contributed by atoms with Gasteiger partial charge in [-0.1, -0.05) is 6.08 Å². The first-order valence-electron chi connectivity index (χ1n) is 12.2. The van der Waals surface area contributed by atoms with E-state index in [-0.39, 0.29) is 11.4 Å². The molecule has 1 aromatic heterocycles. The molecule has 0 N–H and O–H groups in total. The molecule has 37 heavy (non-hydrogen) atoms. The molecule has 0 aliphatic carbocycles. The lowest BCUT2D eigenvalue weighted by molar-refractivity contribution is -0.122. The quantitative estimate of drug-likeness (QED) is 0.343. The van der Waals surface area contributed by atoms with Crippen LogP contribution in [-0.2, 0) is 11.3 Å². The Morgan fingerprint density at radius 1 is 1.14 bits per heavy atom. The molecule has 0 spiro atoms.